The lowest BCUT2D eigenvalue weighted by molar-refractivity contribution is -0.146. The summed E-state index contributed by atoms with van der Waals surface area (Å²) in [4.78, 5) is 24.5. The van der Waals surface area contributed by atoms with Crippen molar-refractivity contribution in [3.8, 4) is 0 Å². The second kappa shape index (κ2) is 10.2. The molecule has 0 aliphatic carbocycles. The Morgan fingerprint density at radius 2 is 2.12 bits per heavy atom. The molecule has 0 radical (unpaired) electrons. The molecule has 1 aliphatic heterocycles. The van der Waals surface area contributed by atoms with Gasteiger partial charge in [0, 0.05) is 13.1 Å². The average molecular weight is 490 g/mol. The maximum atomic E-state index is 12.9. The van der Waals surface area contributed by atoms with Crippen molar-refractivity contribution in [2.24, 2.45) is 0 Å². The van der Waals surface area contributed by atoms with Crippen LogP contribution in [0.25, 0.3) is 11.2 Å². The Bertz CT molecular complexity index is 1190. The van der Waals surface area contributed by atoms with Gasteiger partial charge in [-0.1, -0.05) is 30.3 Å². The number of carbonyl (C=O) groups is 1. The zero-order valence-corrected chi connectivity index (χ0v) is 19.7. The highest BCUT2D eigenvalue weighted by molar-refractivity contribution is 7.56. The van der Waals surface area contributed by atoms with E-state index in [1.165, 1.54) is 19.3 Å². The summed E-state index contributed by atoms with van der Waals surface area (Å²) in [6, 6.07) is 8.42. The van der Waals surface area contributed by atoms with Crippen LogP contribution in [0.15, 0.2) is 43.0 Å². The number of rotatable bonds is 9. The number of esters is 1. The maximum Gasteiger partial charge on any atom is 0.323 e. The van der Waals surface area contributed by atoms with Crippen molar-refractivity contribution < 1.29 is 28.5 Å². The van der Waals surface area contributed by atoms with E-state index < -0.39 is 38.0 Å². The van der Waals surface area contributed by atoms with Crippen molar-refractivity contribution in [1.82, 2.24) is 24.6 Å². The minimum Gasteiger partial charge on any atom is -0.460 e. The summed E-state index contributed by atoms with van der Waals surface area (Å²) in [6.45, 7) is 3.00. The van der Waals surface area contributed by atoms with Crippen LogP contribution in [0.5, 0.6) is 0 Å². The molecule has 34 heavy (non-hydrogen) atoms. The Balaban J connectivity index is 1.29. The molecule has 13 heteroatoms. The number of anilines is 1. The molecule has 0 amide bonds. The van der Waals surface area contributed by atoms with Crippen molar-refractivity contribution in [3.05, 3.63) is 48.5 Å². The first-order valence-corrected chi connectivity index (χ1v) is 12.8. The number of nitrogens with one attached hydrogen (secondary N) is 1. The molecule has 0 unspecified atom stereocenters. The lowest BCUT2D eigenvalue weighted by Crippen LogP contribution is -2.34. The summed E-state index contributed by atoms with van der Waals surface area (Å²) in [5, 5.41) is 13.2. The van der Waals surface area contributed by atoms with Crippen LogP contribution in [0, 0.1) is 0 Å². The van der Waals surface area contributed by atoms with Gasteiger partial charge < -0.3 is 24.8 Å². The third-order valence-corrected chi connectivity index (χ3v) is 6.84. The van der Waals surface area contributed by atoms with Gasteiger partial charge in [-0.25, -0.2) is 20.0 Å². The zero-order chi connectivity index (χ0) is 24.3. The first-order chi connectivity index (χ1) is 16.2. The first kappa shape index (κ1) is 24.2. The average Bonchev–Trinajstić information content (AvgIpc) is 3.40. The van der Waals surface area contributed by atoms with E-state index in [1.54, 1.807) is 11.5 Å². The normalized spacial score (nSPS) is 23.0. The van der Waals surface area contributed by atoms with Gasteiger partial charge in [-0.2, -0.15) is 0 Å². The molecule has 1 fully saturated rings. The number of carbonyl (C=O) groups excluding carboxylic acids is 1. The van der Waals surface area contributed by atoms with E-state index in [0.717, 1.165) is 5.56 Å². The first-order valence-electron chi connectivity index (χ1n) is 10.7. The van der Waals surface area contributed by atoms with E-state index >= 15 is 0 Å². The van der Waals surface area contributed by atoms with Crippen LogP contribution < -0.4 is 10.8 Å². The topological polar surface area (TPSA) is 164 Å². The van der Waals surface area contributed by atoms with Crippen molar-refractivity contribution in [3.63, 3.8) is 0 Å². The lowest BCUT2D eigenvalue weighted by Gasteiger charge is -2.21. The van der Waals surface area contributed by atoms with Crippen molar-refractivity contribution in [2.45, 2.75) is 44.4 Å². The number of nitrogens with two attached hydrogens (primary N) is 1. The molecule has 1 aliphatic rings. The fourth-order valence-electron chi connectivity index (χ4n) is 3.66. The Morgan fingerprint density at radius 1 is 1.35 bits per heavy atom. The second-order valence-electron chi connectivity index (χ2n) is 8.12. The van der Waals surface area contributed by atoms with Crippen LogP contribution in [0.1, 0.15) is 25.1 Å². The summed E-state index contributed by atoms with van der Waals surface area (Å²) in [7, 11) is -3.36. The van der Waals surface area contributed by atoms with E-state index in [2.05, 4.69) is 20.0 Å². The minimum absolute atomic E-state index is 0.0517. The van der Waals surface area contributed by atoms with Gasteiger partial charge in [0.2, 0.25) is 0 Å². The molecule has 0 bridgehead atoms. The Labute approximate surface area is 196 Å². The van der Waals surface area contributed by atoms with E-state index in [1.807, 2.05) is 30.3 Å². The molecular formula is C21H27N6O6P. The molecule has 4 rings (SSSR count). The Morgan fingerprint density at radius 3 is 2.88 bits per heavy atom. The summed E-state index contributed by atoms with van der Waals surface area (Å²) in [5.41, 5.74) is 7.51. The van der Waals surface area contributed by atoms with Crippen molar-refractivity contribution in [2.75, 3.05) is 19.0 Å². The van der Waals surface area contributed by atoms with Gasteiger partial charge >= 0.3 is 5.97 Å². The van der Waals surface area contributed by atoms with Gasteiger partial charge in [0.05, 0.1) is 19.0 Å². The van der Waals surface area contributed by atoms with Crippen LogP contribution in [0.2, 0.25) is 0 Å². The lowest BCUT2D eigenvalue weighted by atomic mass is 10.2. The van der Waals surface area contributed by atoms with Gasteiger partial charge in [0.25, 0.3) is 7.52 Å². The molecule has 0 saturated carbocycles. The molecule has 5 atom stereocenters. The Hall–Kier alpha value is -2.89. The van der Waals surface area contributed by atoms with Crippen molar-refractivity contribution >= 4 is 30.5 Å². The van der Waals surface area contributed by atoms with Crippen molar-refractivity contribution in [1.29, 1.82) is 0 Å². The SMILES string of the molecule is C[C@H](N[P@](C)(=O)OC[C@@H]1C[C@@H](O)[C@H](n2cnc3c(N)ncnc32)O1)C(=O)OCc1ccccc1. The Kier molecular flexibility index (Phi) is 7.24. The number of imidazole rings is 1. The predicted molar refractivity (Wildman–Crippen MR) is 123 cm³/mol. The van der Waals surface area contributed by atoms with E-state index in [0.29, 0.717) is 11.2 Å². The van der Waals surface area contributed by atoms with E-state index in [4.69, 9.17) is 19.7 Å². The third-order valence-electron chi connectivity index (χ3n) is 5.34. The molecule has 182 valence electrons. The molecule has 3 aromatic rings. The molecule has 0 spiro atoms. The number of nitrogen functional groups attached to an aromatic ring is 1. The van der Waals surface area contributed by atoms with E-state index in [9.17, 15) is 14.5 Å². The van der Waals surface area contributed by atoms with Crippen LogP contribution in [0.3, 0.4) is 0 Å². The number of benzene rings is 1. The highest BCUT2D eigenvalue weighted by Crippen LogP contribution is 2.40. The highest BCUT2D eigenvalue weighted by Gasteiger charge is 2.37. The number of aliphatic hydroxyl groups is 1. The number of hydrogen-bond donors (Lipinski definition) is 3. The highest BCUT2D eigenvalue weighted by atomic mass is 31.2. The fourth-order valence-corrected chi connectivity index (χ4v) is 5.00. The van der Waals surface area contributed by atoms with E-state index in [-0.39, 0.29) is 25.5 Å². The summed E-state index contributed by atoms with van der Waals surface area (Å²) in [6.07, 6.45) is 0.874. The molecule has 1 saturated heterocycles. The number of fused-ring (bicyclic) bond motifs is 1. The number of hydrogen-bond acceptors (Lipinski definition) is 10. The monoisotopic (exact) mass is 490 g/mol. The van der Waals surface area contributed by atoms with Crippen LogP contribution in [-0.4, -0.2) is 62.1 Å². The fraction of sp³-hybridized carbons (Fsp3) is 0.429. The van der Waals surface area contributed by atoms with Gasteiger partial charge in [0.15, 0.2) is 17.7 Å². The summed E-state index contributed by atoms with van der Waals surface area (Å²) < 4.78 is 31.2. The van der Waals surface area contributed by atoms with Gasteiger partial charge in [-0.15, -0.1) is 0 Å². The number of nitrogens with zero attached hydrogens (tertiary/aromatic N) is 4. The van der Waals surface area contributed by atoms with Gasteiger partial charge in [0.1, 0.15) is 30.6 Å². The maximum absolute atomic E-state index is 12.9. The second-order valence-corrected chi connectivity index (χ2v) is 10.3. The molecule has 4 N–H and O–H groups in total. The summed E-state index contributed by atoms with van der Waals surface area (Å²) in [5.74, 6) is -0.319. The molecule has 3 heterocycles. The number of ether oxygens (including phenoxy) is 2. The molecule has 1 aromatic carbocycles. The molecule has 12 nitrogen and oxygen atoms in total. The largest absolute Gasteiger partial charge is 0.460 e. The predicted octanol–water partition coefficient (Wildman–Crippen LogP) is 1.62. The van der Waals surface area contributed by atoms with Crippen LogP contribution >= 0.6 is 7.52 Å². The number of aromatic nitrogens is 4. The minimum atomic E-state index is -3.36. The van der Waals surface area contributed by atoms with Crippen LogP contribution in [-0.2, 0) is 30.0 Å². The van der Waals surface area contributed by atoms with Gasteiger partial charge in [-0.3, -0.25) is 13.9 Å². The quantitative estimate of drug-likeness (QED) is 0.295. The molecule has 2 aromatic heterocycles. The third kappa shape index (κ3) is 5.60. The smallest absolute Gasteiger partial charge is 0.323 e. The summed E-state index contributed by atoms with van der Waals surface area (Å²) >= 11 is 0. The van der Waals surface area contributed by atoms with Gasteiger partial charge in [-0.05, 0) is 12.5 Å². The van der Waals surface area contributed by atoms with Crippen LogP contribution in [0.4, 0.5) is 5.82 Å². The zero-order valence-electron chi connectivity index (χ0n) is 18.8. The number of aliphatic hydroxyl groups excluding tert-OH is 1. The standard InChI is InChI=1S/C21H27N6O6P/c1-13(21(29)31-9-14-6-4-3-5-7-14)26-34(2,30)32-10-15-8-16(28)20(33-15)27-12-25-17-18(22)23-11-24-19(17)27/h3-7,11-13,15-16,20,28H,8-10H2,1-2H3,(H,26,30)(H2,22,23,24)/t13-,15-,16+,20+,34+/m0/s1. The molecular weight excluding hydrogens is 463 g/mol.